The highest BCUT2D eigenvalue weighted by atomic mass is 16.6. The van der Waals surface area contributed by atoms with Crippen molar-refractivity contribution in [2.75, 3.05) is 5.32 Å². The Bertz CT molecular complexity index is 626. The highest BCUT2D eigenvalue weighted by Crippen LogP contribution is 2.16. The molecule has 1 atom stereocenters. The maximum Gasteiger partial charge on any atom is 0.319 e. The van der Waals surface area contributed by atoms with Crippen LogP contribution in [0, 0.1) is 10.1 Å². The van der Waals surface area contributed by atoms with Crippen LogP contribution in [0.15, 0.2) is 54.6 Å². The van der Waals surface area contributed by atoms with E-state index in [2.05, 4.69) is 10.6 Å². The van der Waals surface area contributed by atoms with Gasteiger partial charge < -0.3 is 10.6 Å². The fourth-order valence-corrected chi connectivity index (χ4v) is 1.86. The fraction of sp³-hybridized carbons (Fsp3) is 0.133. The average molecular weight is 285 g/mol. The number of carbonyl (C=O) groups is 1. The third-order valence-corrected chi connectivity index (χ3v) is 2.98. The molecule has 6 nitrogen and oxygen atoms in total. The Balaban J connectivity index is 1.94. The van der Waals surface area contributed by atoms with Crippen molar-refractivity contribution >= 4 is 17.4 Å². The molecule has 0 unspecified atom stereocenters. The number of nitrogens with zero attached hydrogens (tertiary/aromatic N) is 1. The maximum atomic E-state index is 11.9. The van der Waals surface area contributed by atoms with Gasteiger partial charge in [-0.05, 0) is 24.6 Å². The molecule has 2 aromatic carbocycles. The van der Waals surface area contributed by atoms with Crippen LogP contribution in [0.25, 0.3) is 0 Å². The molecule has 2 aromatic rings. The number of rotatable bonds is 4. The van der Waals surface area contributed by atoms with Gasteiger partial charge in [0, 0.05) is 17.8 Å². The summed E-state index contributed by atoms with van der Waals surface area (Å²) in [7, 11) is 0. The third kappa shape index (κ3) is 4.04. The Labute approximate surface area is 121 Å². The summed E-state index contributed by atoms with van der Waals surface area (Å²) in [4.78, 5) is 21.9. The fourth-order valence-electron chi connectivity index (χ4n) is 1.86. The van der Waals surface area contributed by atoms with E-state index in [1.165, 1.54) is 24.3 Å². The van der Waals surface area contributed by atoms with E-state index < -0.39 is 4.92 Å². The minimum Gasteiger partial charge on any atom is -0.331 e. The van der Waals surface area contributed by atoms with Crippen LogP contribution >= 0.6 is 0 Å². The maximum absolute atomic E-state index is 11.9. The second-order valence-electron chi connectivity index (χ2n) is 4.53. The van der Waals surface area contributed by atoms with Gasteiger partial charge in [0.15, 0.2) is 0 Å². The number of hydrogen-bond donors (Lipinski definition) is 2. The molecule has 0 aliphatic heterocycles. The summed E-state index contributed by atoms with van der Waals surface area (Å²) in [6.07, 6.45) is 0. The van der Waals surface area contributed by atoms with Crippen LogP contribution in [-0.2, 0) is 0 Å². The van der Waals surface area contributed by atoms with Crippen molar-refractivity contribution in [3.05, 3.63) is 70.3 Å². The summed E-state index contributed by atoms with van der Waals surface area (Å²) < 4.78 is 0. The van der Waals surface area contributed by atoms with E-state index in [4.69, 9.17) is 0 Å². The van der Waals surface area contributed by atoms with Crippen molar-refractivity contribution in [1.82, 2.24) is 5.32 Å². The molecule has 0 saturated carbocycles. The van der Waals surface area contributed by atoms with E-state index >= 15 is 0 Å². The summed E-state index contributed by atoms with van der Waals surface area (Å²) in [5, 5.41) is 16.0. The van der Waals surface area contributed by atoms with E-state index in [1.54, 1.807) is 0 Å². The van der Waals surface area contributed by atoms with Crippen molar-refractivity contribution in [2.45, 2.75) is 13.0 Å². The summed E-state index contributed by atoms with van der Waals surface area (Å²) >= 11 is 0. The van der Waals surface area contributed by atoms with E-state index in [0.717, 1.165) is 5.56 Å². The number of carbonyl (C=O) groups excluding carboxylic acids is 1. The first-order valence-electron chi connectivity index (χ1n) is 6.43. The van der Waals surface area contributed by atoms with Crippen LogP contribution in [0.3, 0.4) is 0 Å². The first-order chi connectivity index (χ1) is 10.1. The predicted octanol–water partition coefficient (Wildman–Crippen LogP) is 3.48. The molecule has 2 rings (SSSR count). The first-order valence-corrected chi connectivity index (χ1v) is 6.43. The number of benzene rings is 2. The lowest BCUT2D eigenvalue weighted by molar-refractivity contribution is -0.384. The molecular weight excluding hydrogens is 270 g/mol. The van der Waals surface area contributed by atoms with Crippen LogP contribution in [0.5, 0.6) is 0 Å². The predicted molar refractivity (Wildman–Crippen MR) is 80.1 cm³/mol. The number of non-ortho nitro benzene ring substituents is 1. The number of nitro groups is 1. The second-order valence-corrected chi connectivity index (χ2v) is 4.53. The second kappa shape index (κ2) is 6.51. The van der Waals surface area contributed by atoms with Gasteiger partial charge in [0.2, 0.25) is 0 Å². The molecule has 0 aliphatic rings. The van der Waals surface area contributed by atoms with Crippen molar-refractivity contribution in [2.24, 2.45) is 0 Å². The smallest absolute Gasteiger partial charge is 0.319 e. The van der Waals surface area contributed by atoms with Gasteiger partial charge in [0.25, 0.3) is 5.69 Å². The molecule has 0 radical (unpaired) electrons. The number of nitro benzene ring substituents is 1. The highest BCUT2D eigenvalue weighted by molar-refractivity contribution is 5.89. The zero-order valence-electron chi connectivity index (χ0n) is 11.4. The lowest BCUT2D eigenvalue weighted by Crippen LogP contribution is -2.31. The van der Waals surface area contributed by atoms with E-state index in [9.17, 15) is 14.9 Å². The van der Waals surface area contributed by atoms with Crippen LogP contribution in [0.2, 0.25) is 0 Å². The molecule has 0 saturated heterocycles. The minimum absolute atomic E-state index is 0.0152. The van der Waals surface area contributed by atoms with E-state index in [0.29, 0.717) is 5.69 Å². The summed E-state index contributed by atoms with van der Waals surface area (Å²) in [5.41, 5.74) is 1.48. The third-order valence-electron chi connectivity index (χ3n) is 2.98. The summed E-state index contributed by atoms with van der Waals surface area (Å²) in [6.45, 7) is 1.88. The number of nitrogens with one attached hydrogen (secondary N) is 2. The van der Waals surface area contributed by atoms with Crippen molar-refractivity contribution < 1.29 is 9.72 Å². The molecular formula is C15H15N3O3. The average Bonchev–Trinajstić information content (AvgIpc) is 2.48. The van der Waals surface area contributed by atoms with E-state index in [-0.39, 0.29) is 17.8 Å². The Morgan fingerprint density at radius 2 is 1.71 bits per heavy atom. The molecule has 0 aromatic heterocycles. The molecule has 0 aliphatic carbocycles. The zero-order valence-corrected chi connectivity index (χ0v) is 11.4. The standard InChI is InChI=1S/C15H15N3O3/c1-11(12-5-3-2-4-6-12)16-15(19)17-13-7-9-14(10-8-13)18(20)21/h2-11H,1H3,(H2,16,17,19)/t11-/m1/s1. The number of hydrogen-bond acceptors (Lipinski definition) is 3. The van der Waals surface area contributed by atoms with E-state index in [1.807, 2.05) is 37.3 Å². The van der Waals surface area contributed by atoms with Gasteiger partial charge in [-0.15, -0.1) is 0 Å². The minimum atomic E-state index is -0.485. The quantitative estimate of drug-likeness (QED) is 0.666. The Morgan fingerprint density at radius 3 is 2.29 bits per heavy atom. The molecule has 0 spiro atoms. The van der Waals surface area contributed by atoms with Crippen molar-refractivity contribution in [3.63, 3.8) is 0 Å². The van der Waals surface area contributed by atoms with Gasteiger partial charge in [0.05, 0.1) is 11.0 Å². The molecule has 108 valence electrons. The van der Waals surface area contributed by atoms with Crippen LogP contribution in [0.1, 0.15) is 18.5 Å². The molecule has 21 heavy (non-hydrogen) atoms. The van der Waals surface area contributed by atoms with Gasteiger partial charge in [-0.2, -0.15) is 0 Å². The number of anilines is 1. The van der Waals surface area contributed by atoms with Crippen LogP contribution < -0.4 is 10.6 Å². The summed E-state index contributed by atoms with van der Waals surface area (Å²) in [5.74, 6) is 0. The largest absolute Gasteiger partial charge is 0.331 e. The van der Waals surface area contributed by atoms with Crippen molar-refractivity contribution in [1.29, 1.82) is 0 Å². The van der Waals surface area contributed by atoms with Gasteiger partial charge in [-0.1, -0.05) is 30.3 Å². The first kappa shape index (κ1) is 14.5. The zero-order chi connectivity index (χ0) is 15.2. The number of amides is 2. The van der Waals surface area contributed by atoms with Crippen LogP contribution in [0.4, 0.5) is 16.2 Å². The van der Waals surface area contributed by atoms with Gasteiger partial charge in [0.1, 0.15) is 0 Å². The highest BCUT2D eigenvalue weighted by Gasteiger charge is 2.10. The SMILES string of the molecule is C[C@@H](NC(=O)Nc1ccc([N+](=O)[O-])cc1)c1ccccc1. The molecule has 0 heterocycles. The Kier molecular flexibility index (Phi) is 4.50. The van der Waals surface area contributed by atoms with Crippen molar-refractivity contribution in [3.8, 4) is 0 Å². The molecule has 2 amide bonds. The topological polar surface area (TPSA) is 84.3 Å². The monoisotopic (exact) mass is 285 g/mol. The lowest BCUT2D eigenvalue weighted by Gasteiger charge is -2.14. The number of urea groups is 1. The van der Waals surface area contributed by atoms with Gasteiger partial charge in [-0.25, -0.2) is 4.79 Å². The summed E-state index contributed by atoms with van der Waals surface area (Å²) in [6, 6.07) is 14.7. The molecule has 0 bridgehead atoms. The van der Waals surface area contributed by atoms with Gasteiger partial charge in [-0.3, -0.25) is 10.1 Å². The normalized spacial score (nSPS) is 11.5. The molecule has 6 heteroatoms. The Hall–Kier alpha value is -2.89. The molecule has 2 N–H and O–H groups in total. The molecule has 0 fully saturated rings. The lowest BCUT2D eigenvalue weighted by atomic mass is 10.1. The van der Waals surface area contributed by atoms with Crippen LogP contribution in [-0.4, -0.2) is 11.0 Å². The Morgan fingerprint density at radius 1 is 1.10 bits per heavy atom. The van der Waals surface area contributed by atoms with Gasteiger partial charge >= 0.3 is 6.03 Å².